The van der Waals surface area contributed by atoms with Crippen LogP contribution in [0.5, 0.6) is 0 Å². The fourth-order valence-corrected chi connectivity index (χ4v) is 1.73. The molecular formula is C13H28N2O2S. The van der Waals surface area contributed by atoms with Crippen LogP contribution in [0.4, 0.5) is 0 Å². The molecule has 0 rings (SSSR count). The Morgan fingerprint density at radius 3 is 2.28 bits per heavy atom. The second kappa shape index (κ2) is 10.6. The maximum Gasteiger partial charge on any atom is 0.234 e. The van der Waals surface area contributed by atoms with Gasteiger partial charge in [0, 0.05) is 33.4 Å². The Balaban J connectivity index is 3.38. The van der Waals surface area contributed by atoms with E-state index in [4.69, 9.17) is 4.74 Å². The predicted octanol–water partition coefficient (Wildman–Crippen LogP) is 1.51. The van der Waals surface area contributed by atoms with Crippen molar-refractivity contribution in [3.05, 3.63) is 0 Å². The van der Waals surface area contributed by atoms with E-state index in [0.29, 0.717) is 6.61 Å². The molecule has 0 saturated heterocycles. The summed E-state index contributed by atoms with van der Waals surface area (Å²) in [5.41, 5.74) is 0. The molecule has 0 aromatic heterocycles. The van der Waals surface area contributed by atoms with Crippen molar-refractivity contribution in [1.82, 2.24) is 9.80 Å². The molecular weight excluding hydrogens is 248 g/mol. The molecule has 1 amide bonds. The first-order chi connectivity index (χ1) is 8.49. The summed E-state index contributed by atoms with van der Waals surface area (Å²) < 4.78 is 5.54. The summed E-state index contributed by atoms with van der Waals surface area (Å²) in [4.78, 5) is 15.5. The Hall–Kier alpha value is -0.260. The lowest BCUT2D eigenvalue weighted by molar-refractivity contribution is -0.129. The highest BCUT2D eigenvalue weighted by atomic mass is 32.1. The Morgan fingerprint density at radius 2 is 1.78 bits per heavy atom. The van der Waals surface area contributed by atoms with Crippen molar-refractivity contribution in [2.75, 3.05) is 46.9 Å². The zero-order valence-electron chi connectivity index (χ0n) is 12.2. The molecule has 0 aromatic rings. The molecule has 0 aliphatic heterocycles. The quantitative estimate of drug-likeness (QED) is 0.485. The van der Waals surface area contributed by atoms with Crippen LogP contribution >= 0.6 is 12.6 Å². The molecule has 108 valence electrons. The van der Waals surface area contributed by atoms with Crippen molar-refractivity contribution in [3.8, 4) is 0 Å². The van der Waals surface area contributed by atoms with E-state index >= 15 is 0 Å². The molecule has 1 atom stereocenters. The van der Waals surface area contributed by atoms with Gasteiger partial charge in [-0.2, -0.15) is 12.6 Å². The molecule has 18 heavy (non-hydrogen) atoms. The molecule has 0 aliphatic rings. The van der Waals surface area contributed by atoms with Crippen LogP contribution in [-0.4, -0.2) is 67.9 Å². The SMILES string of the molecule is CCN(C)CCCOCCCN(C)C(=O)C(C)S. The van der Waals surface area contributed by atoms with Crippen molar-refractivity contribution in [3.63, 3.8) is 0 Å². The third-order valence-corrected chi connectivity index (χ3v) is 3.11. The van der Waals surface area contributed by atoms with Gasteiger partial charge >= 0.3 is 0 Å². The fraction of sp³-hybridized carbons (Fsp3) is 0.923. The topological polar surface area (TPSA) is 32.8 Å². The Morgan fingerprint density at radius 1 is 1.22 bits per heavy atom. The Kier molecular flexibility index (Phi) is 10.5. The van der Waals surface area contributed by atoms with Crippen molar-refractivity contribution < 1.29 is 9.53 Å². The molecule has 0 fully saturated rings. The minimum atomic E-state index is -0.222. The molecule has 0 aromatic carbocycles. The number of rotatable bonds is 10. The minimum Gasteiger partial charge on any atom is -0.381 e. The van der Waals surface area contributed by atoms with E-state index in [-0.39, 0.29) is 11.2 Å². The lowest BCUT2D eigenvalue weighted by atomic mass is 10.3. The number of thiol groups is 1. The first-order valence-electron chi connectivity index (χ1n) is 6.68. The Labute approximate surface area is 117 Å². The number of carbonyl (C=O) groups excluding carboxylic acids is 1. The van der Waals surface area contributed by atoms with E-state index in [2.05, 4.69) is 31.5 Å². The van der Waals surface area contributed by atoms with Gasteiger partial charge in [-0.25, -0.2) is 0 Å². The maximum atomic E-state index is 11.5. The van der Waals surface area contributed by atoms with Crippen LogP contribution in [0.1, 0.15) is 26.7 Å². The molecule has 0 bridgehead atoms. The first kappa shape index (κ1) is 17.7. The molecule has 0 radical (unpaired) electrons. The van der Waals surface area contributed by atoms with Crippen molar-refractivity contribution in [1.29, 1.82) is 0 Å². The molecule has 4 nitrogen and oxygen atoms in total. The second-order valence-electron chi connectivity index (χ2n) is 4.65. The van der Waals surface area contributed by atoms with Gasteiger partial charge in [-0.1, -0.05) is 6.92 Å². The zero-order chi connectivity index (χ0) is 14.0. The van der Waals surface area contributed by atoms with E-state index in [1.165, 1.54) is 0 Å². The number of nitrogens with zero attached hydrogens (tertiary/aromatic N) is 2. The van der Waals surface area contributed by atoms with Gasteiger partial charge < -0.3 is 14.5 Å². The first-order valence-corrected chi connectivity index (χ1v) is 7.20. The van der Waals surface area contributed by atoms with Gasteiger partial charge in [0.05, 0.1) is 5.25 Å². The lowest BCUT2D eigenvalue weighted by Gasteiger charge is -2.19. The number of hydrogen-bond acceptors (Lipinski definition) is 4. The fourth-order valence-electron chi connectivity index (χ4n) is 1.53. The lowest BCUT2D eigenvalue weighted by Crippen LogP contribution is -2.33. The predicted molar refractivity (Wildman–Crippen MR) is 79.3 cm³/mol. The van der Waals surface area contributed by atoms with Gasteiger partial charge in [-0.3, -0.25) is 4.79 Å². The van der Waals surface area contributed by atoms with Crippen LogP contribution in [0.25, 0.3) is 0 Å². The van der Waals surface area contributed by atoms with Crippen molar-refractivity contribution >= 4 is 18.5 Å². The Bertz CT molecular complexity index is 225. The second-order valence-corrected chi connectivity index (χ2v) is 5.43. The van der Waals surface area contributed by atoms with Gasteiger partial charge in [-0.15, -0.1) is 0 Å². The summed E-state index contributed by atoms with van der Waals surface area (Å²) in [7, 11) is 3.92. The third-order valence-electron chi connectivity index (χ3n) is 2.88. The summed E-state index contributed by atoms with van der Waals surface area (Å²) in [5.74, 6) is 0.0721. The van der Waals surface area contributed by atoms with Gasteiger partial charge in [0.2, 0.25) is 5.91 Å². The molecule has 1 unspecified atom stereocenters. The standard InChI is InChI=1S/C13H28N2O2S/c1-5-14(3)8-6-10-17-11-7-9-15(4)13(16)12(2)18/h12,18H,5-11H2,1-4H3. The number of hydrogen-bond donors (Lipinski definition) is 1. The van der Waals surface area contributed by atoms with Crippen LogP contribution < -0.4 is 0 Å². The molecule has 0 saturated carbocycles. The average Bonchev–Trinajstić information content (AvgIpc) is 2.35. The monoisotopic (exact) mass is 276 g/mol. The van der Waals surface area contributed by atoms with Crippen LogP contribution in [-0.2, 0) is 9.53 Å². The number of amides is 1. The summed E-state index contributed by atoms with van der Waals surface area (Å²) in [5, 5.41) is -0.222. The van der Waals surface area contributed by atoms with Crippen molar-refractivity contribution in [2.45, 2.75) is 31.9 Å². The van der Waals surface area contributed by atoms with Gasteiger partial charge in [0.1, 0.15) is 0 Å². The zero-order valence-corrected chi connectivity index (χ0v) is 13.1. The van der Waals surface area contributed by atoms with Crippen LogP contribution in [0.2, 0.25) is 0 Å². The molecule has 0 heterocycles. The molecule has 5 heteroatoms. The van der Waals surface area contributed by atoms with Crippen LogP contribution in [0.3, 0.4) is 0 Å². The van der Waals surface area contributed by atoms with Gasteiger partial charge in [-0.05, 0) is 33.4 Å². The number of carbonyl (C=O) groups is 1. The van der Waals surface area contributed by atoms with E-state index in [9.17, 15) is 4.79 Å². The van der Waals surface area contributed by atoms with E-state index < -0.39 is 0 Å². The molecule has 0 aliphatic carbocycles. The smallest absolute Gasteiger partial charge is 0.234 e. The largest absolute Gasteiger partial charge is 0.381 e. The molecule has 0 spiro atoms. The summed E-state index contributed by atoms with van der Waals surface area (Å²) in [6.07, 6.45) is 1.94. The van der Waals surface area contributed by atoms with E-state index in [1.807, 2.05) is 7.05 Å². The highest BCUT2D eigenvalue weighted by Gasteiger charge is 2.12. The third kappa shape index (κ3) is 8.78. The van der Waals surface area contributed by atoms with Crippen molar-refractivity contribution in [2.24, 2.45) is 0 Å². The van der Waals surface area contributed by atoms with E-state index in [1.54, 1.807) is 11.8 Å². The minimum absolute atomic E-state index is 0.0721. The summed E-state index contributed by atoms with van der Waals surface area (Å²) >= 11 is 4.12. The highest BCUT2D eigenvalue weighted by molar-refractivity contribution is 7.81. The van der Waals surface area contributed by atoms with Gasteiger partial charge in [0.25, 0.3) is 0 Å². The maximum absolute atomic E-state index is 11.5. The summed E-state index contributed by atoms with van der Waals surface area (Å²) in [6.45, 7) is 8.34. The van der Waals surface area contributed by atoms with Crippen LogP contribution in [0.15, 0.2) is 0 Å². The summed E-state index contributed by atoms with van der Waals surface area (Å²) in [6, 6.07) is 0. The highest BCUT2D eigenvalue weighted by Crippen LogP contribution is 2.00. The normalized spacial score (nSPS) is 12.8. The van der Waals surface area contributed by atoms with Gasteiger partial charge in [0.15, 0.2) is 0 Å². The van der Waals surface area contributed by atoms with E-state index in [0.717, 1.165) is 39.1 Å². The van der Waals surface area contributed by atoms with Crippen LogP contribution in [0, 0.1) is 0 Å². The average molecular weight is 276 g/mol. The number of ether oxygens (including phenoxy) is 1. The molecule has 0 N–H and O–H groups in total.